The van der Waals surface area contributed by atoms with E-state index in [0.717, 1.165) is 19.3 Å². The van der Waals surface area contributed by atoms with E-state index in [-0.39, 0.29) is 11.7 Å². The van der Waals surface area contributed by atoms with Gasteiger partial charge in [0.2, 0.25) is 0 Å². The number of hydrogen-bond donors (Lipinski definition) is 0. The Morgan fingerprint density at radius 3 is 2.57 bits per heavy atom. The van der Waals surface area contributed by atoms with Gasteiger partial charge in [0.15, 0.2) is 11.5 Å². The van der Waals surface area contributed by atoms with Gasteiger partial charge in [0, 0.05) is 12.8 Å². The fraction of sp³-hybridized carbons (Fsp3) is 0.333. The number of carbonyl (C=O) groups excluding carboxylic acids is 2. The average molecular weight is 311 g/mol. The average Bonchev–Trinajstić information content (AvgIpc) is 3.10. The lowest BCUT2D eigenvalue weighted by Crippen LogP contribution is -2.61. The molecule has 5 heteroatoms. The first-order chi connectivity index (χ1) is 11.2. The number of para-hydroxylation sites is 1. The van der Waals surface area contributed by atoms with E-state index in [0.29, 0.717) is 24.2 Å². The predicted octanol–water partition coefficient (Wildman–Crippen LogP) is 3.62. The van der Waals surface area contributed by atoms with Crippen LogP contribution in [-0.2, 0) is 0 Å². The Labute approximate surface area is 133 Å². The van der Waals surface area contributed by atoms with Gasteiger partial charge in [0.25, 0.3) is 11.8 Å². The van der Waals surface area contributed by atoms with Crippen LogP contribution >= 0.6 is 0 Å². The molecule has 1 saturated carbocycles. The van der Waals surface area contributed by atoms with Gasteiger partial charge in [-0.05, 0) is 37.1 Å². The first-order valence-electron chi connectivity index (χ1n) is 7.92. The Kier molecular flexibility index (Phi) is 3.22. The SMILES string of the molecule is O=C(c1ccco1)N1C(=O)c2ccccc2OC12CCCCC2. The normalized spacial score (nSPS) is 19.3. The summed E-state index contributed by atoms with van der Waals surface area (Å²) in [5, 5.41) is 0. The van der Waals surface area contributed by atoms with E-state index in [4.69, 9.17) is 9.15 Å². The van der Waals surface area contributed by atoms with Crippen molar-refractivity contribution in [3.63, 3.8) is 0 Å². The van der Waals surface area contributed by atoms with Crippen molar-refractivity contribution < 1.29 is 18.7 Å². The van der Waals surface area contributed by atoms with E-state index in [9.17, 15) is 9.59 Å². The van der Waals surface area contributed by atoms with Crippen LogP contribution in [0.1, 0.15) is 53.0 Å². The number of amides is 2. The van der Waals surface area contributed by atoms with Gasteiger partial charge < -0.3 is 9.15 Å². The van der Waals surface area contributed by atoms with Gasteiger partial charge >= 0.3 is 0 Å². The summed E-state index contributed by atoms with van der Waals surface area (Å²) >= 11 is 0. The number of nitrogens with zero attached hydrogens (tertiary/aromatic N) is 1. The van der Waals surface area contributed by atoms with E-state index >= 15 is 0 Å². The molecule has 1 fully saturated rings. The maximum atomic E-state index is 13.0. The van der Waals surface area contributed by atoms with Crippen molar-refractivity contribution in [3.8, 4) is 5.75 Å². The predicted molar refractivity (Wildman–Crippen MR) is 82.1 cm³/mol. The first kappa shape index (κ1) is 14.1. The minimum Gasteiger partial charge on any atom is -0.467 e. The third-order valence-corrected chi connectivity index (χ3v) is 4.60. The highest BCUT2D eigenvalue weighted by Gasteiger charge is 2.51. The molecule has 4 rings (SSSR count). The van der Waals surface area contributed by atoms with Crippen molar-refractivity contribution >= 4 is 11.8 Å². The summed E-state index contributed by atoms with van der Waals surface area (Å²) in [4.78, 5) is 27.2. The Morgan fingerprint density at radius 1 is 1.04 bits per heavy atom. The monoisotopic (exact) mass is 311 g/mol. The molecule has 0 N–H and O–H groups in total. The third kappa shape index (κ3) is 2.15. The zero-order valence-electron chi connectivity index (χ0n) is 12.7. The zero-order valence-corrected chi connectivity index (χ0v) is 12.7. The smallest absolute Gasteiger partial charge is 0.299 e. The standard InChI is InChI=1S/C18H17NO4/c20-16-13-7-2-3-8-14(13)23-18(10-4-1-5-11-18)19(16)17(21)15-9-6-12-22-15/h2-3,6-9,12H,1,4-5,10-11H2. The van der Waals surface area contributed by atoms with Gasteiger partial charge in [0.1, 0.15) is 5.75 Å². The Morgan fingerprint density at radius 2 is 1.83 bits per heavy atom. The Balaban J connectivity index is 1.82. The topological polar surface area (TPSA) is 59.8 Å². The molecular formula is C18H17NO4. The summed E-state index contributed by atoms with van der Waals surface area (Å²) < 4.78 is 11.4. The molecule has 2 aliphatic rings. The van der Waals surface area contributed by atoms with E-state index in [2.05, 4.69) is 0 Å². The van der Waals surface area contributed by atoms with Crippen molar-refractivity contribution in [2.24, 2.45) is 0 Å². The number of fused-ring (bicyclic) bond motifs is 1. The van der Waals surface area contributed by atoms with E-state index in [1.54, 1.807) is 30.3 Å². The van der Waals surface area contributed by atoms with Crippen molar-refractivity contribution in [2.75, 3.05) is 0 Å². The highest BCUT2D eigenvalue weighted by Crippen LogP contribution is 2.42. The molecule has 0 radical (unpaired) electrons. The summed E-state index contributed by atoms with van der Waals surface area (Å²) in [6.45, 7) is 0. The lowest BCUT2D eigenvalue weighted by Gasteiger charge is -2.47. The Hall–Kier alpha value is -2.56. The van der Waals surface area contributed by atoms with Crippen LogP contribution < -0.4 is 4.74 Å². The summed E-state index contributed by atoms with van der Waals surface area (Å²) in [7, 11) is 0. The molecule has 1 spiro atoms. The molecule has 5 nitrogen and oxygen atoms in total. The van der Waals surface area contributed by atoms with Crippen molar-refractivity contribution in [1.82, 2.24) is 4.90 Å². The molecular weight excluding hydrogens is 294 g/mol. The molecule has 118 valence electrons. The minimum atomic E-state index is -0.895. The van der Waals surface area contributed by atoms with Crippen LogP contribution in [0, 0.1) is 0 Å². The first-order valence-corrected chi connectivity index (χ1v) is 7.92. The number of carbonyl (C=O) groups is 2. The van der Waals surface area contributed by atoms with Gasteiger partial charge in [0.05, 0.1) is 11.8 Å². The van der Waals surface area contributed by atoms with Crippen LogP contribution in [0.5, 0.6) is 5.75 Å². The van der Waals surface area contributed by atoms with Crippen LogP contribution in [0.4, 0.5) is 0 Å². The maximum Gasteiger partial charge on any atom is 0.299 e. The summed E-state index contributed by atoms with van der Waals surface area (Å²) in [5.74, 6) is -0.0271. The quantitative estimate of drug-likeness (QED) is 0.755. The summed E-state index contributed by atoms with van der Waals surface area (Å²) in [5.41, 5.74) is -0.475. The van der Waals surface area contributed by atoms with Gasteiger partial charge in [-0.15, -0.1) is 0 Å². The molecule has 0 unspecified atom stereocenters. The number of rotatable bonds is 1. The molecule has 1 aliphatic heterocycles. The van der Waals surface area contributed by atoms with Gasteiger partial charge in [-0.25, -0.2) is 4.90 Å². The molecule has 0 atom stereocenters. The largest absolute Gasteiger partial charge is 0.467 e. The number of ether oxygens (including phenoxy) is 1. The molecule has 0 bridgehead atoms. The highest BCUT2D eigenvalue weighted by atomic mass is 16.5. The molecule has 1 aromatic heterocycles. The van der Waals surface area contributed by atoms with Crippen LogP contribution in [0.2, 0.25) is 0 Å². The molecule has 2 amide bonds. The number of benzene rings is 1. The van der Waals surface area contributed by atoms with Crippen molar-refractivity contribution in [3.05, 3.63) is 54.0 Å². The summed E-state index contributed by atoms with van der Waals surface area (Å²) in [6.07, 6.45) is 5.68. The number of imide groups is 1. The van der Waals surface area contributed by atoms with Gasteiger partial charge in [-0.2, -0.15) is 0 Å². The Bertz CT molecular complexity index is 744. The zero-order chi connectivity index (χ0) is 15.9. The summed E-state index contributed by atoms with van der Waals surface area (Å²) in [6, 6.07) is 10.3. The molecule has 1 aliphatic carbocycles. The lowest BCUT2D eigenvalue weighted by atomic mass is 9.88. The lowest BCUT2D eigenvalue weighted by molar-refractivity contribution is -0.0826. The van der Waals surface area contributed by atoms with Crippen LogP contribution in [0.15, 0.2) is 47.1 Å². The second-order valence-corrected chi connectivity index (χ2v) is 6.03. The van der Waals surface area contributed by atoms with Crippen molar-refractivity contribution in [2.45, 2.75) is 37.8 Å². The number of hydrogen-bond acceptors (Lipinski definition) is 4. The van der Waals surface area contributed by atoms with Gasteiger partial charge in [-0.1, -0.05) is 18.6 Å². The second kappa shape index (κ2) is 5.26. The van der Waals surface area contributed by atoms with Crippen LogP contribution in [-0.4, -0.2) is 22.4 Å². The number of furan rings is 1. The van der Waals surface area contributed by atoms with Crippen LogP contribution in [0.25, 0.3) is 0 Å². The molecule has 1 aromatic carbocycles. The van der Waals surface area contributed by atoms with E-state index in [1.165, 1.54) is 11.2 Å². The molecule has 2 aromatic rings. The third-order valence-electron chi connectivity index (χ3n) is 4.60. The van der Waals surface area contributed by atoms with E-state index in [1.807, 2.05) is 6.07 Å². The maximum absolute atomic E-state index is 13.0. The van der Waals surface area contributed by atoms with Gasteiger partial charge in [-0.3, -0.25) is 9.59 Å². The second-order valence-electron chi connectivity index (χ2n) is 6.03. The minimum absolute atomic E-state index is 0.159. The fourth-order valence-electron chi connectivity index (χ4n) is 3.51. The van der Waals surface area contributed by atoms with Crippen molar-refractivity contribution in [1.29, 1.82) is 0 Å². The highest BCUT2D eigenvalue weighted by molar-refractivity contribution is 6.11. The molecule has 0 saturated heterocycles. The molecule has 23 heavy (non-hydrogen) atoms. The van der Waals surface area contributed by atoms with E-state index < -0.39 is 11.6 Å². The fourth-order valence-corrected chi connectivity index (χ4v) is 3.51. The van der Waals surface area contributed by atoms with Crippen LogP contribution in [0.3, 0.4) is 0 Å². The molecule has 2 heterocycles.